The Labute approximate surface area is 156 Å². The lowest BCUT2D eigenvalue weighted by Gasteiger charge is -2.62. The second-order valence-electron chi connectivity index (χ2n) is 8.30. The average molecular weight is 362 g/mol. The molecule has 3 atom stereocenters. The number of piperidine rings is 1. The van der Waals surface area contributed by atoms with Gasteiger partial charge in [-0.25, -0.2) is 4.39 Å². The molecule has 3 fully saturated rings. The zero-order valence-corrected chi connectivity index (χ0v) is 16.0. The maximum Gasteiger partial charge on any atom is 0.123 e. The van der Waals surface area contributed by atoms with Crippen molar-refractivity contribution in [1.82, 2.24) is 19.6 Å². The summed E-state index contributed by atoms with van der Waals surface area (Å²) < 4.78 is 13.4. The molecular weight excluding hydrogens is 329 g/mol. The molecule has 0 spiro atoms. The number of rotatable bonds is 3. The molecule has 0 bridgehead atoms. The predicted molar refractivity (Wildman–Crippen MR) is 102 cm³/mol. The van der Waals surface area contributed by atoms with Crippen LogP contribution in [0, 0.1) is 5.82 Å². The van der Waals surface area contributed by atoms with Gasteiger partial charge in [-0.15, -0.1) is 0 Å². The molecule has 3 heterocycles. The van der Waals surface area contributed by atoms with Crippen molar-refractivity contribution in [3.63, 3.8) is 0 Å². The summed E-state index contributed by atoms with van der Waals surface area (Å²) in [5, 5.41) is 0. The van der Waals surface area contributed by atoms with Gasteiger partial charge in [-0.2, -0.15) is 0 Å². The number of nitrogens with two attached hydrogens (primary N) is 1. The minimum absolute atomic E-state index is 0.0264. The maximum atomic E-state index is 13.4. The Balaban J connectivity index is 1.56. The fourth-order valence-corrected chi connectivity index (χ4v) is 4.93. The van der Waals surface area contributed by atoms with E-state index in [4.69, 9.17) is 5.73 Å². The van der Waals surface area contributed by atoms with Gasteiger partial charge in [-0.05, 0) is 57.7 Å². The Morgan fingerprint density at radius 2 is 1.46 bits per heavy atom. The molecule has 3 unspecified atom stereocenters. The lowest BCUT2D eigenvalue weighted by molar-refractivity contribution is -0.145. The zero-order valence-electron chi connectivity index (χ0n) is 16.0. The third-order valence-electron chi connectivity index (χ3n) is 6.62. The molecule has 3 saturated heterocycles. The van der Waals surface area contributed by atoms with Crippen LogP contribution in [0.1, 0.15) is 24.3 Å². The second kappa shape index (κ2) is 7.52. The van der Waals surface area contributed by atoms with Gasteiger partial charge in [-0.3, -0.25) is 9.80 Å². The van der Waals surface area contributed by atoms with E-state index in [9.17, 15) is 4.39 Å². The number of hydrogen-bond acceptors (Lipinski definition) is 5. The first kappa shape index (κ1) is 18.3. The lowest BCUT2D eigenvalue weighted by Crippen LogP contribution is -2.75. The number of nitrogens with zero attached hydrogens (tertiary/aromatic N) is 4. The third-order valence-corrected chi connectivity index (χ3v) is 6.62. The summed E-state index contributed by atoms with van der Waals surface area (Å²) in [6.45, 7) is 6.64. The van der Waals surface area contributed by atoms with Gasteiger partial charge in [0.2, 0.25) is 0 Å². The van der Waals surface area contributed by atoms with E-state index in [-0.39, 0.29) is 17.9 Å². The number of hydrogen-bond donors (Lipinski definition) is 1. The van der Waals surface area contributed by atoms with Crippen LogP contribution in [0.15, 0.2) is 24.3 Å². The maximum absolute atomic E-state index is 13.4. The van der Waals surface area contributed by atoms with Crippen molar-refractivity contribution in [3.05, 3.63) is 35.6 Å². The van der Waals surface area contributed by atoms with Gasteiger partial charge in [0.25, 0.3) is 0 Å². The summed E-state index contributed by atoms with van der Waals surface area (Å²) in [6.07, 6.45) is 2.74. The highest BCUT2D eigenvalue weighted by Crippen LogP contribution is 2.43. The van der Waals surface area contributed by atoms with Gasteiger partial charge < -0.3 is 15.5 Å². The summed E-state index contributed by atoms with van der Waals surface area (Å²) in [5.74, 6) is 0.0867. The monoisotopic (exact) mass is 361 g/mol. The molecule has 1 aromatic carbocycles. The first-order valence-corrected chi connectivity index (χ1v) is 9.94. The van der Waals surface area contributed by atoms with Crippen molar-refractivity contribution in [2.45, 2.75) is 37.1 Å². The Bertz CT molecular complexity index is 593. The van der Waals surface area contributed by atoms with E-state index < -0.39 is 0 Å². The highest BCUT2D eigenvalue weighted by molar-refractivity contribution is 5.28. The van der Waals surface area contributed by atoms with Crippen molar-refractivity contribution in [1.29, 1.82) is 0 Å². The van der Waals surface area contributed by atoms with Crippen LogP contribution in [0.5, 0.6) is 0 Å². The molecule has 1 aromatic rings. The number of likely N-dealkylation sites (tertiary alicyclic amines) is 2. The largest absolute Gasteiger partial charge is 0.315 e. The standard InChI is InChI=1S/C20H32FN5/c1-23-9-7-17(8-10-23)26-19(22)18(15-3-5-16(21)6-4-15)20(26)25-13-11-24(2)12-14-25/h3-6,17-20H,7-14,22H2,1-2H3. The summed E-state index contributed by atoms with van der Waals surface area (Å²) in [6, 6.07) is 7.55. The molecule has 26 heavy (non-hydrogen) atoms. The van der Waals surface area contributed by atoms with Crippen LogP contribution in [0.3, 0.4) is 0 Å². The summed E-state index contributed by atoms with van der Waals surface area (Å²) in [4.78, 5) is 9.97. The normalized spacial score (nSPS) is 33.3. The minimum Gasteiger partial charge on any atom is -0.315 e. The molecule has 0 amide bonds. The van der Waals surface area contributed by atoms with E-state index in [1.165, 1.54) is 18.4 Å². The highest BCUT2D eigenvalue weighted by atomic mass is 19.1. The molecule has 6 heteroatoms. The fourth-order valence-electron chi connectivity index (χ4n) is 4.93. The van der Waals surface area contributed by atoms with Crippen molar-refractivity contribution >= 4 is 0 Å². The van der Waals surface area contributed by atoms with Gasteiger partial charge in [0.1, 0.15) is 5.82 Å². The molecule has 3 aliphatic rings. The molecule has 0 radical (unpaired) electrons. The highest BCUT2D eigenvalue weighted by Gasteiger charge is 2.52. The Kier molecular flexibility index (Phi) is 5.30. The molecule has 5 nitrogen and oxygen atoms in total. The van der Waals surface area contributed by atoms with Crippen LogP contribution in [0.25, 0.3) is 0 Å². The van der Waals surface area contributed by atoms with E-state index in [1.807, 2.05) is 12.1 Å². The van der Waals surface area contributed by atoms with Crippen LogP contribution in [-0.2, 0) is 0 Å². The first-order valence-electron chi connectivity index (χ1n) is 9.94. The van der Waals surface area contributed by atoms with Crippen LogP contribution in [-0.4, -0.2) is 91.3 Å². The summed E-state index contributed by atoms with van der Waals surface area (Å²) in [7, 11) is 4.39. The fraction of sp³-hybridized carbons (Fsp3) is 0.700. The van der Waals surface area contributed by atoms with E-state index in [1.54, 1.807) is 12.1 Å². The third kappa shape index (κ3) is 3.41. The number of piperazine rings is 1. The molecule has 144 valence electrons. The minimum atomic E-state index is -0.176. The Morgan fingerprint density at radius 3 is 2.08 bits per heavy atom. The number of benzene rings is 1. The van der Waals surface area contributed by atoms with E-state index in [0.29, 0.717) is 12.2 Å². The van der Waals surface area contributed by atoms with E-state index in [2.05, 4.69) is 33.7 Å². The zero-order chi connectivity index (χ0) is 18.3. The van der Waals surface area contributed by atoms with Gasteiger partial charge in [0.05, 0.1) is 12.3 Å². The average Bonchev–Trinajstić information content (AvgIpc) is 2.64. The van der Waals surface area contributed by atoms with Gasteiger partial charge >= 0.3 is 0 Å². The van der Waals surface area contributed by atoms with Crippen molar-refractivity contribution in [3.8, 4) is 0 Å². The number of halogens is 1. The molecule has 2 N–H and O–H groups in total. The number of likely N-dealkylation sites (N-methyl/N-ethyl adjacent to an activating group) is 1. The van der Waals surface area contributed by atoms with E-state index >= 15 is 0 Å². The SMILES string of the molecule is CN1CCC(N2C(N)C(c3ccc(F)cc3)C2N2CCN(C)CC2)CC1. The van der Waals surface area contributed by atoms with Gasteiger partial charge in [-0.1, -0.05) is 12.1 Å². The second-order valence-corrected chi connectivity index (χ2v) is 8.30. The topological polar surface area (TPSA) is 39.0 Å². The molecule has 0 aliphatic carbocycles. The molecule has 4 rings (SSSR count). The van der Waals surface area contributed by atoms with Crippen molar-refractivity contribution in [2.75, 3.05) is 53.4 Å². The van der Waals surface area contributed by atoms with Gasteiger partial charge in [0.15, 0.2) is 0 Å². The quantitative estimate of drug-likeness (QED) is 0.875. The smallest absolute Gasteiger partial charge is 0.123 e. The predicted octanol–water partition coefficient (Wildman–Crippen LogP) is 1.18. The molecule has 0 saturated carbocycles. The summed E-state index contributed by atoms with van der Waals surface area (Å²) >= 11 is 0. The van der Waals surface area contributed by atoms with Crippen LogP contribution >= 0.6 is 0 Å². The van der Waals surface area contributed by atoms with Crippen molar-refractivity contribution in [2.24, 2.45) is 5.73 Å². The summed E-state index contributed by atoms with van der Waals surface area (Å²) in [5.41, 5.74) is 7.88. The van der Waals surface area contributed by atoms with Crippen LogP contribution in [0.2, 0.25) is 0 Å². The molecule has 3 aliphatic heterocycles. The van der Waals surface area contributed by atoms with E-state index in [0.717, 1.165) is 39.3 Å². The van der Waals surface area contributed by atoms with Gasteiger partial charge in [0, 0.05) is 38.1 Å². The lowest BCUT2D eigenvalue weighted by atomic mass is 9.80. The first-order chi connectivity index (χ1) is 12.5. The molecular formula is C20H32FN5. The Morgan fingerprint density at radius 1 is 0.885 bits per heavy atom. The Hall–Kier alpha value is -1.05. The van der Waals surface area contributed by atoms with Crippen LogP contribution < -0.4 is 5.73 Å². The van der Waals surface area contributed by atoms with Crippen LogP contribution in [0.4, 0.5) is 4.39 Å². The molecule has 0 aromatic heterocycles. The van der Waals surface area contributed by atoms with Crippen molar-refractivity contribution < 1.29 is 4.39 Å².